The second-order valence-electron chi connectivity index (χ2n) is 4.99. The maximum absolute atomic E-state index is 2.69. The molecule has 90 valence electrons. The molecule has 1 aliphatic heterocycles. The molecular formula is C5H25N5Si5. The number of hydrogen-bond donors (Lipinski definition) is 0. The zero-order valence-corrected chi connectivity index (χ0v) is 17.8. The molecule has 0 unspecified atom stereocenters. The molecule has 0 aromatic carbocycles. The van der Waals surface area contributed by atoms with Crippen LogP contribution in [0.15, 0.2) is 0 Å². The van der Waals surface area contributed by atoms with Crippen molar-refractivity contribution < 1.29 is 0 Å². The molecule has 5 nitrogen and oxygen atoms in total. The van der Waals surface area contributed by atoms with Crippen LogP contribution in [0.4, 0.5) is 0 Å². The molecule has 0 amide bonds. The van der Waals surface area contributed by atoms with E-state index in [0.717, 1.165) is 0 Å². The first-order chi connectivity index (χ1) is 6.97. The van der Waals surface area contributed by atoms with E-state index in [4.69, 9.17) is 0 Å². The van der Waals surface area contributed by atoms with Gasteiger partial charge in [0.25, 0.3) is 0 Å². The molecule has 1 aliphatic rings. The van der Waals surface area contributed by atoms with Gasteiger partial charge in [-0.3, -0.25) is 0 Å². The normalized spacial score (nSPS) is 35.0. The van der Waals surface area contributed by atoms with E-state index in [2.05, 4.69) is 56.4 Å². The molecule has 1 saturated heterocycles. The Labute approximate surface area is 106 Å². The van der Waals surface area contributed by atoms with Gasteiger partial charge in [-0.15, -0.1) is 0 Å². The summed E-state index contributed by atoms with van der Waals surface area (Å²) >= 11 is 0. The maximum Gasteiger partial charge on any atom is 0.160 e. The van der Waals surface area contributed by atoms with Crippen molar-refractivity contribution in [2.45, 2.75) is 0 Å². The zero-order chi connectivity index (χ0) is 11.4. The summed E-state index contributed by atoms with van der Waals surface area (Å²) in [5.41, 5.74) is 0. The molecule has 0 aromatic heterocycles. The largest absolute Gasteiger partial charge is 0.335 e. The predicted octanol–water partition coefficient (Wildman–Crippen LogP) is -5.35. The van der Waals surface area contributed by atoms with Gasteiger partial charge in [0.05, 0.1) is 0 Å². The van der Waals surface area contributed by atoms with Crippen molar-refractivity contribution in [3.05, 3.63) is 0 Å². The monoisotopic (exact) mass is 295 g/mol. The van der Waals surface area contributed by atoms with Crippen molar-refractivity contribution in [2.24, 2.45) is 0 Å². The Balaban J connectivity index is 2.55. The molecule has 0 radical (unpaired) electrons. The van der Waals surface area contributed by atoms with Crippen molar-refractivity contribution in [1.82, 2.24) is 21.2 Å². The molecular weight excluding hydrogens is 271 g/mol. The lowest BCUT2D eigenvalue weighted by Gasteiger charge is -2.35. The molecule has 15 heavy (non-hydrogen) atoms. The minimum atomic E-state index is -0.0852. The molecule has 1 rings (SSSR count). The first-order valence-electron chi connectivity index (χ1n) is 5.40. The van der Waals surface area contributed by atoms with E-state index in [1.54, 1.807) is 0 Å². The van der Waals surface area contributed by atoms with Gasteiger partial charge < -0.3 is 21.2 Å². The highest BCUT2D eigenvalue weighted by Crippen LogP contribution is 1.92. The SMILES string of the molecule is CN1[SiH2]N(C)[SiH2]N(C)[SiH2]N(C)[SiH2]N(C)[SiH2]1. The Hall–Kier alpha value is 0.884. The second-order valence-corrected chi connectivity index (χ2v) is 21.7. The van der Waals surface area contributed by atoms with Crippen molar-refractivity contribution >= 4 is 49.2 Å². The molecule has 0 aliphatic carbocycles. The lowest BCUT2D eigenvalue weighted by Crippen LogP contribution is -2.57. The van der Waals surface area contributed by atoms with Crippen molar-refractivity contribution in [3.8, 4) is 0 Å². The summed E-state index contributed by atoms with van der Waals surface area (Å²) in [5, 5.41) is 0. The Morgan fingerprint density at radius 3 is 0.667 bits per heavy atom. The summed E-state index contributed by atoms with van der Waals surface area (Å²) in [6.07, 6.45) is 0. The Morgan fingerprint density at radius 2 is 0.533 bits per heavy atom. The third kappa shape index (κ3) is 5.67. The van der Waals surface area contributed by atoms with Gasteiger partial charge in [-0.1, -0.05) is 0 Å². The van der Waals surface area contributed by atoms with E-state index < -0.39 is 0 Å². The molecule has 0 atom stereocenters. The lowest BCUT2D eigenvalue weighted by molar-refractivity contribution is 0.600. The van der Waals surface area contributed by atoms with Crippen LogP contribution >= 0.6 is 0 Å². The Morgan fingerprint density at radius 1 is 0.400 bits per heavy atom. The molecule has 0 saturated carbocycles. The fourth-order valence-corrected chi connectivity index (χ4v) is 22.7. The molecule has 10 heteroatoms. The molecule has 0 spiro atoms. The van der Waals surface area contributed by atoms with Crippen LogP contribution in [0.1, 0.15) is 0 Å². The summed E-state index contributed by atoms with van der Waals surface area (Å²) in [4.78, 5) is 0. The highest BCUT2D eigenvalue weighted by molar-refractivity contribution is 6.64. The average Bonchev–Trinajstić information content (AvgIpc) is 1.98. The maximum atomic E-state index is 2.69. The van der Waals surface area contributed by atoms with Crippen molar-refractivity contribution in [2.75, 3.05) is 35.2 Å². The Bertz CT molecular complexity index is 140. The predicted molar refractivity (Wildman–Crippen MR) is 81.5 cm³/mol. The van der Waals surface area contributed by atoms with Crippen LogP contribution in [-0.4, -0.2) is 106 Å². The summed E-state index contributed by atoms with van der Waals surface area (Å²) in [7, 11) is 11.3. The smallest absolute Gasteiger partial charge is 0.160 e. The standard InChI is InChI=1S/C5H25N5Si5/c1-6-11-7(2)13-9(4)15-10(5)14-8(3)12-6/h11-15H2,1-5H3. The lowest BCUT2D eigenvalue weighted by atomic mass is 11.6. The third-order valence-corrected chi connectivity index (χ3v) is 13.2. The molecule has 1 heterocycles. The quantitative estimate of drug-likeness (QED) is 0.414. The number of hydrogen-bond acceptors (Lipinski definition) is 5. The van der Waals surface area contributed by atoms with E-state index in [1.807, 2.05) is 0 Å². The first kappa shape index (κ1) is 13.9. The van der Waals surface area contributed by atoms with E-state index in [0.29, 0.717) is 0 Å². The average molecular weight is 296 g/mol. The molecule has 0 aromatic rings. The van der Waals surface area contributed by atoms with Gasteiger partial charge in [-0.2, -0.15) is 0 Å². The van der Waals surface area contributed by atoms with Gasteiger partial charge in [0.15, 0.2) is 49.2 Å². The van der Waals surface area contributed by atoms with Gasteiger partial charge >= 0.3 is 0 Å². The van der Waals surface area contributed by atoms with Gasteiger partial charge in [0.1, 0.15) is 0 Å². The fraction of sp³-hybridized carbons (Fsp3) is 1.00. The highest BCUT2D eigenvalue weighted by atomic mass is 28.4. The molecule has 0 N–H and O–H groups in total. The minimum Gasteiger partial charge on any atom is -0.335 e. The minimum absolute atomic E-state index is 0.0852. The van der Waals surface area contributed by atoms with Crippen LogP contribution in [0, 0.1) is 0 Å². The number of rotatable bonds is 0. The van der Waals surface area contributed by atoms with Gasteiger partial charge in [-0.25, -0.2) is 0 Å². The fourth-order valence-electron chi connectivity index (χ4n) is 2.28. The van der Waals surface area contributed by atoms with Crippen LogP contribution in [-0.2, 0) is 0 Å². The van der Waals surface area contributed by atoms with Crippen LogP contribution in [0.25, 0.3) is 0 Å². The summed E-state index contributed by atoms with van der Waals surface area (Å²) in [5.74, 6) is 0. The highest BCUT2D eigenvalue weighted by Gasteiger charge is 2.15. The first-order valence-corrected chi connectivity index (χ1v) is 11.7. The molecule has 0 bridgehead atoms. The summed E-state index contributed by atoms with van der Waals surface area (Å²) in [6, 6.07) is 0. The molecule has 1 fully saturated rings. The van der Waals surface area contributed by atoms with Crippen LogP contribution in [0.2, 0.25) is 0 Å². The second kappa shape index (κ2) is 6.58. The summed E-state index contributed by atoms with van der Waals surface area (Å²) < 4.78 is 13.4. The zero-order valence-electron chi connectivity index (χ0n) is 10.8. The van der Waals surface area contributed by atoms with E-state index in [-0.39, 0.29) is 49.2 Å². The van der Waals surface area contributed by atoms with E-state index in [9.17, 15) is 0 Å². The number of nitrogens with zero attached hydrogens (tertiary/aromatic N) is 5. The Kier molecular flexibility index (Phi) is 6.12. The van der Waals surface area contributed by atoms with Gasteiger partial charge in [0.2, 0.25) is 0 Å². The summed E-state index contributed by atoms with van der Waals surface area (Å²) in [6.45, 7) is 0. The van der Waals surface area contributed by atoms with Gasteiger partial charge in [-0.05, 0) is 35.2 Å². The van der Waals surface area contributed by atoms with Crippen LogP contribution in [0.5, 0.6) is 0 Å². The van der Waals surface area contributed by atoms with Crippen LogP contribution in [0.3, 0.4) is 0 Å². The van der Waals surface area contributed by atoms with Crippen LogP contribution < -0.4 is 0 Å². The van der Waals surface area contributed by atoms with E-state index in [1.165, 1.54) is 0 Å². The van der Waals surface area contributed by atoms with Crippen molar-refractivity contribution in [3.63, 3.8) is 0 Å². The topological polar surface area (TPSA) is 16.2 Å². The third-order valence-electron chi connectivity index (χ3n) is 2.41. The van der Waals surface area contributed by atoms with E-state index >= 15 is 0 Å². The van der Waals surface area contributed by atoms with Crippen molar-refractivity contribution in [1.29, 1.82) is 0 Å². The van der Waals surface area contributed by atoms with Gasteiger partial charge in [0, 0.05) is 0 Å².